The number of carbonyl (C=O) groups excluding carboxylic acids is 2. The molecule has 5 N–H and O–H groups in total. The lowest BCUT2D eigenvalue weighted by molar-refractivity contribution is -0.126. The molecule has 0 aromatic heterocycles. The van der Waals surface area contributed by atoms with E-state index in [2.05, 4.69) is 5.32 Å². The Labute approximate surface area is 164 Å². The van der Waals surface area contributed by atoms with Crippen LogP contribution in [0.1, 0.15) is 18.4 Å². The predicted molar refractivity (Wildman–Crippen MR) is 109 cm³/mol. The van der Waals surface area contributed by atoms with Gasteiger partial charge in [0.25, 0.3) is 5.91 Å². The van der Waals surface area contributed by atoms with E-state index in [0.29, 0.717) is 25.2 Å². The summed E-state index contributed by atoms with van der Waals surface area (Å²) in [5.74, 6) is -0.602. The molecule has 1 heterocycles. The minimum absolute atomic E-state index is 0.0565. The molecule has 2 aromatic carbocycles. The first kappa shape index (κ1) is 19.9. The number of amides is 2. The minimum Gasteiger partial charge on any atom is -0.368 e. The quantitative estimate of drug-likeness (QED) is 0.643. The van der Waals surface area contributed by atoms with Crippen LogP contribution in [0.15, 0.2) is 54.6 Å². The summed E-state index contributed by atoms with van der Waals surface area (Å²) < 4.78 is 5.65. The highest BCUT2D eigenvalue weighted by Crippen LogP contribution is 2.24. The molecule has 1 aliphatic heterocycles. The van der Waals surface area contributed by atoms with Crippen molar-refractivity contribution in [1.82, 2.24) is 0 Å². The Bertz CT molecular complexity index is 812. The van der Waals surface area contributed by atoms with Crippen molar-refractivity contribution < 1.29 is 14.3 Å². The summed E-state index contributed by atoms with van der Waals surface area (Å²) in [6.07, 6.45) is 0.912. The summed E-state index contributed by atoms with van der Waals surface area (Å²) in [7, 11) is 0. The summed E-state index contributed by atoms with van der Waals surface area (Å²) in [4.78, 5) is 25.9. The van der Waals surface area contributed by atoms with Crippen LogP contribution in [0, 0.1) is 0 Å². The van der Waals surface area contributed by atoms with Gasteiger partial charge in [0.05, 0.1) is 12.6 Å². The van der Waals surface area contributed by atoms with Gasteiger partial charge in [-0.25, -0.2) is 0 Å². The number of benzene rings is 2. The number of ether oxygens (including phenoxy) is 1. The second-order valence-electron chi connectivity index (χ2n) is 6.91. The van der Waals surface area contributed by atoms with Crippen molar-refractivity contribution >= 4 is 23.2 Å². The number of hydrogen-bond donors (Lipinski definition) is 3. The van der Waals surface area contributed by atoms with E-state index < -0.39 is 12.0 Å². The van der Waals surface area contributed by atoms with Crippen LogP contribution in [0.25, 0.3) is 0 Å². The van der Waals surface area contributed by atoms with Crippen LogP contribution >= 0.6 is 0 Å². The third-order valence-corrected chi connectivity index (χ3v) is 4.70. The van der Waals surface area contributed by atoms with Gasteiger partial charge in [-0.15, -0.1) is 0 Å². The number of primary amides is 1. The summed E-state index contributed by atoms with van der Waals surface area (Å²) in [6, 6.07) is 17.2. The number of nitrogens with zero attached hydrogens (tertiary/aromatic N) is 1. The second kappa shape index (κ2) is 9.34. The van der Waals surface area contributed by atoms with Crippen LogP contribution in [0.3, 0.4) is 0 Å². The van der Waals surface area contributed by atoms with Crippen molar-refractivity contribution in [1.29, 1.82) is 0 Å². The predicted octanol–water partition coefficient (Wildman–Crippen LogP) is 1.62. The minimum atomic E-state index is -0.483. The normalized spacial score (nSPS) is 18.6. The lowest BCUT2D eigenvalue weighted by Gasteiger charge is -2.24. The van der Waals surface area contributed by atoms with E-state index >= 15 is 0 Å². The maximum absolute atomic E-state index is 12.5. The number of carbonyl (C=O) groups is 2. The van der Waals surface area contributed by atoms with Gasteiger partial charge in [0.15, 0.2) is 0 Å². The molecule has 2 aromatic rings. The van der Waals surface area contributed by atoms with Crippen molar-refractivity contribution in [3.63, 3.8) is 0 Å². The van der Waals surface area contributed by atoms with Crippen LogP contribution in [0.4, 0.5) is 11.4 Å². The average Bonchev–Trinajstić information content (AvgIpc) is 3.18. The molecular weight excluding hydrogens is 356 g/mol. The molecular formula is C21H26N4O3. The zero-order chi connectivity index (χ0) is 19.9. The molecule has 1 aliphatic rings. The van der Waals surface area contributed by atoms with Crippen molar-refractivity contribution in [3.8, 4) is 0 Å². The van der Waals surface area contributed by atoms with E-state index in [4.69, 9.17) is 16.2 Å². The molecule has 1 saturated heterocycles. The highest BCUT2D eigenvalue weighted by atomic mass is 16.5. The number of hydrogen-bond acceptors (Lipinski definition) is 5. The Morgan fingerprint density at radius 2 is 1.89 bits per heavy atom. The first-order valence-electron chi connectivity index (χ1n) is 9.39. The van der Waals surface area contributed by atoms with E-state index in [-0.39, 0.29) is 18.6 Å². The summed E-state index contributed by atoms with van der Waals surface area (Å²) in [6.45, 7) is 1.03. The first-order valence-corrected chi connectivity index (χ1v) is 9.39. The van der Waals surface area contributed by atoms with Gasteiger partial charge in [-0.05, 0) is 36.6 Å². The maximum atomic E-state index is 12.5. The highest BCUT2D eigenvalue weighted by molar-refractivity contribution is 5.94. The molecule has 0 bridgehead atoms. The second-order valence-corrected chi connectivity index (χ2v) is 6.91. The zero-order valence-corrected chi connectivity index (χ0v) is 15.7. The Kier molecular flexibility index (Phi) is 6.62. The van der Waals surface area contributed by atoms with Crippen LogP contribution in [-0.4, -0.2) is 37.1 Å². The van der Waals surface area contributed by atoms with Crippen molar-refractivity contribution in [2.24, 2.45) is 11.5 Å². The van der Waals surface area contributed by atoms with E-state index in [1.54, 1.807) is 0 Å². The van der Waals surface area contributed by atoms with Crippen molar-refractivity contribution in [2.75, 3.05) is 23.3 Å². The fourth-order valence-corrected chi connectivity index (χ4v) is 3.31. The number of nitrogens with one attached hydrogen (secondary N) is 1. The largest absolute Gasteiger partial charge is 0.368 e. The number of anilines is 2. The molecule has 0 saturated carbocycles. The molecule has 0 radical (unpaired) electrons. The molecule has 2 atom stereocenters. The fraction of sp³-hybridized carbons (Fsp3) is 0.333. The van der Waals surface area contributed by atoms with Gasteiger partial charge < -0.3 is 26.4 Å². The number of nitrogens with two attached hydrogens (primary N) is 2. The van der Waals surface area contributed by atoms with Crippen molar-refractivity contribution in [3.05, 3.63) is 60.2 Å². The van der Waals surface area contributed by atoms with Crippen molar-refractivity contribution in [2.45, 2.75) is 31.6 Å². The lowest BCUT2D eigenvalue weighted by Crippen LogP contribution is -2.33. The van der Waals surface area contributed by atoms with Gasteiger partial charge in [-0.3, -0.25) is 9.59 Å². The Morgan fingerprint density at radius 1 is 1.11 bits per heavy atom. The Balaban J connectivity index is 1.72. The molecule has 0 unspecified atom stereocenters. The van der Waals surface area contributed by atoms with Crippen LogP contribution in [0.5, 0.6) is 0 Å². The summed E-state index contributed by atoms with van der Waals surface area (Å²) in [5.41, 5.74) is 13.5. The van der Waals surface area contributed by atoms with Crippen LogP contribution < -0.4 is 21.7 Å². The van der Waals surface area contributed by atoms with Crippen LogP contribution in [-0.2, 0) is 20.9 Å². The van der Waals surface area contributed by atoms with Gasteiger partial charge in [0.2, 0.25) is 5.91 Å². The van der Waals surface area contributed by atoms with Gasteiger partial charge in [-0.2, -0.15) is 0 Å². The molecule has 3 rings (SSSR count). The van der Waals surface area contributed by atoms with E-state index in [1.165, 1.54) is 0 Å². The lowest BCUT2D eigenvalue weighted by atomic mass is 10.1. The van der Waals surface area contributed by atoms with Gasteiger partial charge in [0, 0.05) is 24.5 Å². The SMILES string of the molecule is NC[C@H]1CC[C@@H](C(=O)Nc2cccc(N(CC(N)=O)Cc3ccccc3)c2)O1. The molecule has 1 fully saturated rings. The maximum Gasteiger partial charge on any atom is 0.253 e. The van der Waals surface area contributed by atoms with E-state index in [0.717, 1.165) is 17.7 Å². The fourth-order valence-electron chi connectivity index (χ4n) is 3.31. The average molecular weight is 382 g/mol. The third-order valence-electron chi connectivity index (χ3n) is 4.70. The third kappa shape index (κ3) is 5.31. The Hall–Kier alpha value is -2.90. The topological polar surface area (TPSA) is 111 Å². The molecule has 7 nitrogen and oxygen atoms in total. The Morgan fingerprint density at radius 3 is 2.57 bits per heavy atom. The summed E-state index contributed by atoms with van der Waals surface area (Å²) >= 11 is 0. The van der Waals surface area contributed by atoms with Gasteiger partial charge in [0.1, 0.15) is 6.10 Å². The standard InChI is InChI=1S/C21H26N4O3/c22-12-18-9-10-19(28-18)21(27)24-16-7-4-8-17(11-16)25(14-20(23)26)13-15-5-2-1-3-6-15/h1-8,11,18-19H,9-10,12-14,22H2,(H2,23,26)(H,24,27)/t18-,19+/m1/s1. The molecule has 0 aliphatic carbocycles. The molecule has 0 spiro atoms. The molecule has 2 amide bonds. The van der Waals surface area contributed by atoms with E-state index in [9.17, 15) is 9.59 Å². The summed E-state index contributed by atoms with van der Waals surface area (Å²) in [5, 5.41) is 2.89. The van der Waals surface area contributed by atoms with E-state index in [1.807, 2.05) is 59.5 Å². The molecule has 7 heteroatoms. The monoisotopic (exact) mass is 382 g/mol. The number of rotatable bonds is 8. The molecule has 28 heavy (non-hydrogen) atoms. The van der Waals surface area contributed by atoms with Gasteiger partial charge >= 0.3 is 0 Å². The van der Waals surface area contributed by atoms with Gasteiger partial charge in [-0.1, -0.05) is 36.4 Å². The first-order chi connectivity index (χ1) is 13.5. The molecule has 148 valence electrons. The zero-order valence-electron chi connectivity index (χ0n) is 15.7. The highest BCUT2D eigenvalue weighted by Gasteiger charge is 2.29. The van der Waals surface area contributed by atoms with Crippen LogP contribution in [0.2, 0.25) is 0 Å². The smallest absolute Gasteiger partial charge is 0.253 e.